The number of benzene rings is 1. The molecular formula is C15H21ClN2O. The first-order valence-electron chi connectivity index (χ1n) is 7.00. The van der Waals surface area contributed by atoms with Crippen LogP contribution in [0.25, 0.3) is 0 Å². The number of halogens is 1. The number of amides is 1. The van der Waals surface area contributed by atoms with Crippen LogP contribution in [0.15, 0.2) is 18.2 Å². The van der Waals surface area contributed by atoms with Crippen LogP contribution >= 0.6 is 12.4 Å². The number of hydrogen-bond donors (Lipinski definition) is 2. The van der Waals surface area contributed by atoms with Crippen LogP contribution in [0.4, 0.5) is 11.4 Å². The molecule has 0 saturated heterocycles. The maximum absolute atomic E-state index is 12.1. The number of carbonyl (C=O) groups is 1. The Balaban J connectivity index is 0.00000133. The van der Waals surface area contributed by atoms with Gasteiger partial charge >= 0.3 is 0 Å². The molecule has 19 heavy (non-hydrogen) atoms. The second-order valence-electron chi connectivity index (χ2n) is 5.37. The van der Waals surface area contributed by atoms with E-state index in [0.717, 1.165) is 31.5 Å². The number of nitrogens with one attached hydrogen (secondary N) is 2. The standard InChI is InChI=1S/C15H20N2O.ClH/c18-15(11-4-1-2-5-11)17-13-7-8-14-12(10-13)6-3-9-16-14;/h7-8,10-11,16H,1-6,9H2,(H,17,18);1H. The van der Waals surface area contributed by atoms with Crippen molar-refractivity contribution in [2.75, 3.05) is 17.2 Å². The first kappa shape index (κ1) is 14.2. The number of aryl methyl sites for hydroxylation is 1. The van der Waals surface area contributed by atoms with Crippen LogP contribution in [0.2, 0.25) is 0 Å². The van der Waals surface area contributed by atoms with E-state index in [1.165, 1.54) is 30.5 Å². The van der Waals surface area contributed by atoms with Gasteiger partial charge in [-0.05, 0) is 49.4 Å². The Hall–Kier alpha value is -1.22. The fraction of sp³-hybridized carbons (Fsp3) is 0.533. The molecule has 1 aliphatic carbocycles. The van der Waals surface area contributed by atoms with E-state index in [2.05, 4.69) is 22.8 Å². The van der Waals surface area contributed by atoms with E-state index < -0.39 is 0 Å². The monoisotopic (exact) mass is 280 g/mol. The Morgan fingerprint density at radius 1 is 1.21 bits per heavy atom. The number of hydrogen-bond acceptors (Lipinski definition) is 2. The summed E-state index contributed by atoms with van der Waals surface area (Å²) in [5.41, 5.74) is 3.50. The molecule has 1 aromatic carbocycles. The molecule has 0 bridgehead atoms. The minimum Gasteiger partial charge on any atom is -0.385 e. The van der Waals surface area contributed by atoms with Gasteiger partial charge in [-0.1, -0.05) is 12.8 Å². The third kappa shape index (κ3) is 3.21. The van der Waals surface area contributed by atoms with Gasteiger partial charge in [-0.25, -0.2) is 0 Å². The molecular weight excluding hydrogens is 260 g/mol. The largest absolute Gasteiger partial charge is 0.385 e. The number of anilines is 2. The highest BCUT2D eigenvalue weighted by molar-refractivity contribution is 5.93. The van der Waals surface area contributed by atoms with E-state index in [1.807, 2.05) is 6.07 Å². The van der Waals surface area contributed by atoms with E-state index in [4.69, 9.17) is 0 Å². The average Bonchev–Trinajstić information content (AvgIpc) is 2.92. The minimum absolute atomic E-state index is 0. The summed E-state index contributed by atoms with van der Waals surface area (Å²) in [6, 6.07) is 6.21. The molecule has 1 saturated carbocycles. The van der Waals surface area contributed by atoms with Gasteiger partial charge in [0.2, 0.25) is 5.91 Å². The van der Waals surface area contributed by atoms with Crippen LogP contribution in [0, 0.1) is 5.92 Å². The Labute approximate surface area is 120 Å². The van der Waals surface area contributed by atoms with Crippen LogP contribution in [0.5, 0.6) is 0 Å². The summed E-state index contributed by atoms with van der Waals surface area (Å²) in [4.78, 5) is 12.1. The summed E-state index contributed by atoms with van der Waals surface area (Å²) in [6.07, 6.45) is 6.79. The molecule has 0 atom stereocenters. The number of fused-ring (bicyclic) bond motifs is 1. The van der Waals surface area contributed by atoms with E-state index in [9.17, 15) is 4.79 Å². The molecule has 0 aromatic heterocycles. The minimum atomic E-state index is 0. The fourth-order valence-electron chi connectivity index (χ4n) is 2.98. The van der Waals surface area contributed by atoms with Crippen molar-refractivity contribution in [3.05, 3.63) is 23.8 Å². The highest BCUT2D eigenvalue weighted by atomic mass is 35.5. The van der Waals surface area contributed by atoms with Crippen molar-refractivity contribution < 1.29 is 4.79 Å². The quantitative estimate of drug-likeness (QED) is 0.869. The van der Waals surface area contributed by atoms with E-state index >= 15 is 0 Å². The summed E-state index contributed by atoms with van der Waals surface area (Å²) in [6.45, 7) is 1.06. The molecule has 0 radical (unpaired) electrons. The SMILES string of the molecule is Cl.O=C(Nc1ccc2c(c1)CCCN2)C1CCCC1. The van der Waals surface area contributed by atoms with Crippen LogP contribution in [-0.2, 0) is 11.2 Å². The predicted molar refractivity (Wildman–Crippen MR) is 81.1 cm³/mol. The fourth-order valence-corrected chi connectivity index (χ4v) is 2.98. The molecule has 0 spiro atoms. The number of rotatable bonds is 2. The Kier molecular flexibility index (Phi) is 4.70. The zero-order chi connectivity index (χ0) is 12.4. The molecule has 1 heterocycles. The van der Waals surface area contributed by atoms with Crippen LogP contribution in [0.1, 0.15) is 37.7 Å². The van der Waals surface area contributed by atoms with Crippen molar-refractivity contribution >= 4 is 29.7 Å². The summed E-state index contributed by atoms with van der Waals surface area (Å²) in [5.74, 6) is 0.440. The lowest BCUT2D eigenvalue weighted by Crippen LogP contribution is -2.20. The lowest BCUT2D eigenvalue weighted by atomic mass is 10.0. The molecule has 1 fully saturated rings. The lowest BCUT2D eigenvalue weighted by Gasteiger charge is -2.19. The Morgan fingerprint density at radius 2 is 2.00 bits per heavy atom. The van der Waals surface area contributed by atoms with Crippen LogP contribution in [-0.4, -0.2) is 12.5 Å². The molecule has 104 valence electrons. The topological polar surface area (TPSA) is 41.1 Å². The van der Waals surface area contributed by atoms with E-state index in [-0.39, 0.29) is 24.2 Å². The maximum atomic E-state index is 12.1. The maximum Gasteiger partial charge on any atom is 0.227 e. The van der Waals surface area contributed by atoms with Gasteiger partial charge in [0.1, 0.15) is 0 Å². The van der Waals surface area contributed by atoms with Crippen LogP contribution < -0.4 is 10.6 Å². The van der Waals surface area contributed by atoms with Crippen molar-refractivity contribution in [2.45, 2.75) is 38.5 Å². The normalized spacial score (nSPS) is 18.1. The lowest BCUT2D eigenvalue weighted by molar-refractivity contribution is -0.119. The highest BCUT2D eigenvalue weighted by Crippen LogP contribution is 2.28. The van der Waals surface area contributed by atoms with E-state index in [0.29, 0.717) is 0 Å². The second kappa shape index (κ2) is 6.29. The Morgan fingerprint density at radius 3 is 2.79 bits per heavy atom. The molecule has 2 N–H and O–H groups in total. The molecule has 0 unspecified atom stereocenters. The van der Waals surface area contributed by atoms with Crippen molar-refractivity contribution in [1.29, 1.82) is 0 Å². The third-order valence-electron chi connectivity index (χ3n) is 4.04. The van der Waals surface area contributed by atoms with Gasteiger partial charge in [-0.15, -0.1) is 12.4 Å². The van der Waals surface area contributed by atoms with Gasteiger partial charge in [0.15, 0.2) is 0 Å². The predicted octanol–water partition coefficient (Wildman–Crippen LogP) is 3.60. The van der Waals surface area contributed by atoms with Crippen LogP contribution in [0.3, 0.4) is 0 Å². The van der Waals surface area contributed by atoms with Gasteiger partial charge in [0, 0.05) is 23.8 Å². The molecule has 1 aromatic rings. The zero-order valence-electron chi connectivity index (χ0n) is 11.1. The van der Waals surface area contributed by atoms with Gasteiger partial charge in [-0.3, -0.25) is 4.79 Å². The summed E-state index contributed by atoms with van der Waals surface area (Å²) in [7, 11) is 0. The molecule has 1 amide bonds. The molecule has 2 aliphatic rings. The highest BCUT2D eigenvalue weighted by Gasteiger charge is 2.22. The average molecular weight is 281 g/mol. The third-order valence-corrected chi connectivity index (χ3v) is 4.04. The summed E-state index contributed by atoms with van der Waals surface area (Å²) >= 11 is 0. The van der Waals surface area contributed by atoms with Crippen molar-refractivity contribution in [3.8, 4) is 0 Å². The molecule has 3 nitrogen and oxygen atoms in total. The molecule has 1 aliphatic heterocycles. The smallest absolute Gasteiger partial charge is 0.227 e. The molecule has 3 rings (SSSR count). The zero-order valence-corrected chi connectivity index (χ0v) is 11.9. The first-order chi connectivity index (χ1) is 8.83. The first-order valence-corrected chi connectivity index (χ1v) is 7.00. The Bertz CT molecular complexity index is 455. The number of carbonyl (C=O) groups excluding carboxylic acids is 1. The van der Waals surface area contributed by atoms with Gasteiger partial charge < -0.3 is 10.6 Å². The van der Waals surface area contributed by atoms with Gasteiger partial charge in [0.05, 0.1) is 0 Å². The second-order valence-corrected chi connectivity index (χ2v) is 5.37. The van der Waals surface area contributed by atoms with Crippen molar-refractivity contribution in [1.82, 2.24) is 0 Å². The van der Waals surface area contributed by atoms with Gasteiger partial charge in [0.25, 0.3) is 0 Å². The summed E-state index contributed by atoms with van der Waals surface area (Å²) < 4.78 is 0. The van der Waals surface area contributed by atoms with Crippen molar-refractivity contribution in [3.63, 3.8) is 0 Å². The van der Waals surface area contributed by atoms with Gasteiger partial charge in [-0.2, -0.15) is 0 Å². The van der Waals surface area contributed by atoms with E-state index in [1.54, 1.807) is 0 Å². The van der Waals surface area contributed by atoms with Crippen molar-refractivity contribution in [2.24, 2.45) is 5.92 Å². The molecule has 4 heteroatoms. The summed E-state index contributed by atoms with van der Waals surface area (Å²) in [5, 5.41) is 6.45.